The molecule has 0 aliphatic heterocycles. The lowest BCUT2D eigenvalue weighted by Gasteiger charge is -2.14. The zero-order valence-electron chi connectivity index (χ0n) is 8.41. The van der Waals surface area contributed by atoms with Crippen LogP contribution >= 0.6 is 0 Å². The minimum Gasteiger partial charge on any atom is -0.272 e. The maximum atomic E-state index is 8.80. The van der Waals surface area contributed by atoms with Crippen LogP contribution in [-0.4, -0.2) is 9.78 Å². The molecule has 70 valence electrons. The van der Waals surface area contributed by atoms with E-state index in [0.29, 0.717) is 0 Å². The maximum Gasteiger partial charge on any atom is 0.0684 e. The highest BCUT2D eigenvalue weighted by Crippen LogP contribution is 2.19. The Morgan fingerprint density at radius 3 is 2.77 bits per heavy atom. The average Bonchev–Trinajstić information content (AvgIpc) is 2.48. The van der Waals surface area contributed by atoms with Crippen LogP contribution in [0.4, 0.5) is 0 Å². The lowest BCUT2D eigenvalue weighted by atomic mass is 9.92. The molecule has 0 aromatic carbocycles. The fourth-order valence-corrected chi connectivity index (χ4v) is 1.04. The van der Waals surface area contributed by atoms with Crippen LogP contribution in [-0.2, 0) is 6.54 Å². The zero-order valence-corrected chi connectivity index (χ0v) is 8.41. The zero-order chi connectivity index (χ0) is 9.90. The molecular weight excluding hydrogens is 162 g/mol. The Bertz CT molecular complexity index is 317. The van der Waals surface area contributed by atoms with E-state index in [9.17, 15) is 0 Å². The van der Waals surface area contributed by atoms with Crippen molar-refractivity contribution >= 4 is 0 Å². The molecule has 0 radical (unpaired) electrons. The van der Waals surface area contributed by atoms with Crippen molar-refractivity contribution in [1.29, 1.82) is 5.26 Å². The molecule has 3 heteroatoms. The molecule has 0 amide bonds. The first-order valence-corrected chi connectivity index (χ1v) is 4.45. The number of aryl methyl sites for hydroxylation is 2. The standard InChI is InChI=1S/C10H15N3/c1-9-4-6-13(12-9)7-5-10(2,3)8-11/h4,6H,5,7H2,1-3H3. The third kappa shape index (κ3) is 2.90. The van der Waals surface area contributed by atoms with Crippen LogP contribution in [0.1, 0.15) is 26.0 Å². The van der Waals surface area contributed by atoms with Crippen LogP contribution in [0.3, 0.4) is 0 Å². The molecule has 1 heterocycles. The Morgan fingerprint density at radius 2 is 2.31 bits per heavy atom. The van der Waals surface area contributed by atoms with Crippen molar-refractivity contribution in [3.05, 3.63) is 18.0 Å². The summed E-state index contributed by atoms with van der Waals surface area (Å²) < 4.78 is 1.88. The summed E-state index contributed by atoms with van der Waals surface area (Å²) in [4.78, 5) is 0. The quantitative estimate of drug-likeness (QED) is 0.709. The van der Waals surface area contributed by atoms with E-state index in [2.05, 4.69) is 11.2 Å². The largest absolute Gasteiger partial charge is 0.272 e. The summed E-state index contributed by atoms with van der Waals surface area (Å²) in [5.41, 5.74) is 0.773. The molecule has 1 rings (SSSR count). The van der Waals surface area contributed by atoms with Crippen LogP contribution < -0.4 is 0 Å². The molecule has 13 heavy (non-hydrogen) atoms. The van der Waals surface area contributed by atoms with E-state index in [4.69, 9.17) is 5.26 Å². The summed E-state index contributed by atoms with van der Waals surface area (Å²) >= 11 is 0. The van der Waals surface area contributed by atoms with Crippen molar-refractivity contribution < 1.29 is 0 Å². The van der Waals surface area contributed by atoms with E-state index in [1.54, 1.807) is 0 Å². The van der Waals surface area contributed by atoms with Crippen molar-refractivity contribution in [1.82, 2.24) is 9.78 Å². The molecule has 0 saturated heterocycles. The smallest absolute Gasteiger partial charge is 0.0684 e. The first-order valence-electron chi connectivity index (χ1n) is 4.45. The van der Waals surface area contributed by atoms with Gasteiger partial charge in [0.15, 0.2) is 0 Å². The Morgan fingerprint density at radius 1 is 1.62 bits per heavy atom. The lowest BCUT2D eigenvalue weighted by molar-refractivity contribution is 0.398. The van der Waals surface area contributed by atoms with Gasteiger partial charge in [-0.3, -0.25) is 4.68 Å². The van der Waals surface area contributed by atoms with Crippen molar-refractivity contribution in [3.8, 4) is 6.07 Å². The van der Waals surface area contributed by atoms with Gasteiger partial charge >= 0.3 is 0 Å². The minimum atomic E-state index is -0.250. The van der Waals surface area contributed by atoms with Crippen LogP contribution in [0.5, 0.6) is 0 Å². The van der Waals surface area contributed by atoms with Gasteiger partial charge in [-0.2, -0.15) is 10.4 Å². The molecule has 1 aromatic rings. The molecule has 0 spiro atoms. The second-order valence-corrected chi connectivity index (χ2v) is 3.97. The normalized spacial score (nSPS) is 11.2. The predicted molar refractivity (Wildman–Crippen MR) is 51.0 cm³/mol. The summed E-state index contributed by atoms with van der Waals surface area (Å²) in [7, 11) is 0. The number of nitriles is 1. The fourth-order valence-electron chi connectivity index (χ4n) is 1.04. The van der Waals surface area contributed by atoms with E-state index < -0.39 is 0 Å². The van der Waals surface area contributed by atoms with Gasteiger partial charge in [-0.25, -0.2) is 0 Å². The van der Waals surface area contributed by atoms with Crippen LogP contribution in [0.15, 0.2) is 12.3 Å². The van der Waals surface area contributed by atoms with Gasteiger partial charge in [0.05, 0.1) is 17.2 Å². The highest BCUT2D eigenvalue weighted by atomic mass is 15.3. The average molecular weight is 177 g/mol. The van der Waals surface area contributed by atoms with Gasteiger partial charge in [-0.15, -0.1) is 0 Å². The molecule has 0 atom stereocenters. The molecule has 0 fully saturated rings. The molecule has 1 aromatic heterocycles. The third-order valence-electron chi connectivity index (χ3n) is 2.04. The van der Waals surface area contributed by atoms with Crippen molar-refractivity contribution in [2.75, 3.05) is 0 Å². The molecule has 0 N–H and O–H groups in total. The second-order valence-electron chi connectivity index (χ2n) is 3.97. The van der Waals surface area contributed by atoms with E-state index in [-0.39, 0.29) is 5.41 Å². The Hall–Kier alpha value is -1.30. The molecule has 0 bridgehead atoms. The fraction of sp³-hybridized carbons (Fsp3) is 0.600. The molecule has 3 nitrogen and oxygen atoms in total. The van der Waals surface area contributed by atoms with E-state index in [1.807, 2.05) is 37.7 Å². The minimum absolute atomic E-state index is 0.250. The lowest BCUT2D eigenvalue weighted by Crippen LogP contribution is -2.12. The molecule has 0 saturated carbocycles. The SMILES string of the molecule is Cc1ccn(CCC(C)(C)C#N)n1. The van der Waals surface area contributed by atoms with Crippen molar-refractivity contribution in [2.24, 2.45) is 5.41 Å². The van der Waals surface area contributed by atoms with E-state index >= 15 is 0 Å². The highest BCUT2D eigenvalue weighted by Gasteiger charge is 2.16. The highest BCUT2D eigenvalue weighted by molar-refractivity contribution is 4.96. The van der Waals surface area contributed by atoms with Gasteiger partial charge in [0.2, 0.25) is 0 Å². The summed E-state index contributed by atoms with van der Waals surface area (Å²) in [5, 5.41) is 13.1. The van der Waals surface area contributed by atoms with E-state index in [1.165, 1.54) is 0 Å². The third-order valence-corrected chi connectivity index (χ3v) is 2.04. The van der Waals surface area contributed by atoms with Gasteiger partial charge in [0.1, 0.15) is 0 Å². The molecule has 0 aliphatic carbocycles. The number of nitrogens with zero attached hydrogens (tertiary/aromatic N) is 3. The number of rotatable bonds is 3. The van der Waals surface area contributed by atoms with Gasteiger partial charge in [0, 0.05) is 12.7 Å². The summed E-state index contributed by atoms with van der Waals surface area (Å²) in [6.45, 7) is 6.67. The first kappa shape index (κ1) is 9.79. The molecular formula is C10H15N3. The van der Waals surface area contributed by atoms with Gasteiger partial charge in [0.25, 0.3) is 0 Å². The van der Waals surface area contributed by atoms with E-state index in [0.717, 1.165) is 18.7 Å². The van der Waals surface area contributed by atoms with Crippen LogP contribution in [0, 0.1) is 23.7 Å². The summed E-state index contributed by atoms with van der Waals surface area (Å²) in [6.07, 6.45) is 2.79. The molecule has 0 unspecified atom stereocenters. The number of hydrogen-bond donors (Lipinski definition) is 0. The summed E-state index contributed by atoms with van der Waals surface area (Å²) in [6, 6.07) is 4.25. The Kier molecular flexibility index (Phi) is 2.72. The van der Waals surface area contributed by atoms with Gasteiger partial charge in [-0.05, 0) is 33.3 Å². The van der Waals surface area contributed by atoms with Crippen LogP contribution in [0.2, 0.25) is 0 Å². The van der Waals surface area contributed by atoms with Gasteiger partial charge in [-0.1, -0.05) is 0 Å². The predicted octanol–water partition coefficient (Wildman–Crippen LogP) is 2.13. The number of hydrogen-bond acceptors (Lipinski definition) is 2. The first-order chi connectivity index (χ1) is 6.03. The van der Waals surface area contributed by atoms with Crippen LogP contribution in [0.25, 0.3) is 0 Å². The monoisotopic (exact) mass is 177 g/mol. The van der Waals surface area contributed by atoms with Gasteiger partial charge < -0.3 is 0 Å². The topological polar surface area (TPSA) is 41.6 Å². The molecule has 0 aliphatic rings. The van der Waals surface area contributed by atoms with Crippen molar-refractivity contribution in [3.63, 3.8) is 0 Å². The Balaban J connectivity index is 2.49. The van der Waals surface area contributed by atoms with Crippen molar-refractivity contribution in [2.45, 2.75) is 33.7 Å². The second kappa shape index (κ2) is 3.61. The Labute approximate surface area is 79.0 Å². The maximum absolute atomic E-state index is 8.80. The summed E-state index contributed by atoms with van der Waals surface area (Å²) in [5.74, 6) is 0. The number of aromatic nitrogens is 2.